The molecule has 5 atom stereocenters. The maximum absolute atomic E-state index is 14.6. The normalized spacial score (nSPS) is 26.1. The molecule has 2 bridgehead atoms. The van der Waals surface area contributed by atoms with E-state index in [4.69, 9.17) is 4.74 Å². The van der Waals surface area contributed by atoms with Crippen LogP contribution in [-0.2, 0) is 19.1 Å². The third-order valence-corrected chi connectivity index (χ3v) is 9.02. The zero-order valence-corrected chi connectivity index (χ0v) is 24.8. The molecule has 3 aliphatic rings. The van der Waals surface area contributed by atoms with Gasteiger partial charge in [0.2, 0.25) is 11.8 Å². The van der Waals surface area contributed by atoms with E-state index in [9.17, 15) is 19.5 Å². The van der Waals surface area contributed by atoms with Gasteiger partial charge in [0.05, 0.1) is 17.9 Å². The van der Waals surface area contributed by atoms with E-state index >= 15 is 0 Å². The van der Waals surface area contributed by atoms with Crippen molar-refractivity contribution in [3.05, 3.63) is 49.6 Å². The average molecular weight is 567 g/mol. The maximum atomic E-state index is 14.6. The van der Waals surface area contributed by atoms with E-state index in [1.165, 1.54) is 0 Å². The van der Waals surface area contributed by atoms with Crippen molar-refractivity contribution in [2.24, 2.45) is 11.8 Å². The minimum atomic E-state index is -1.05. The van der Waals surface area contributed by atoms with Crippen molar-refractivity contribution in [2.75, 3.05) is 56.2 Å². The van der Waals surface area contributed by atoms with Crippen molar-refractivity contribution in [3.8, 4) is 0 Å². The second-order valence-electron chi connectivity index (χ2n) is 11.3. The van der Waals surface area contributed by atoms with Gasteiger partial charge in [-0.2, -0.15) is 0 Å². The number of likely N-dealkylation sites (tertiary alicyclic amines) is 1. The van der Waals surface area contributed by atoms with Crippen molar-refractivity contribution < 1.29 is 24.2 Å². The van der Waals surface area contributed by atoms with Gasteiger partial charge >= 0.3 is 0 Å². The summed E-state index contributed by atoms with van der Waals surface area (Å²) in [4.78, 5) is 49.5. The number of carbonyl (C=O) groups excluding carboxylic acids is 3. The molecule has 1 aromatic carbocycles. The number of amides is 3. The van der Waals surface area contributed by atoms with Crippen LogP contribution in [0.1, 0.15) is 46.0 Å². The number of ether oxygens (including phenoxy) is 1. The minimum absolute atomic E-state index is 0.0798. The van der Waals surface area contributed by atoms with Gasteiger partial charge in [-0.25, -0.2) is 0 Å². The van der Waals surface area contributed by atoms with Gasteiger partial charge in [-0.1, -0.05) is 12.2 Å². The Morgan fingerprint density at radius 2 is 1.71 bits per heavy atom. The molecule has 224 valence electrons. The number of rotatable bonds is 15. The molecule has 2 unspecified atom stereocenters. The number of fused-ring (bicyclic) bond motifs is 1. The van der Waals surface area contributed by atoms with Gasteiger partial charge in [-0.05, 0) is 70.2 Å². The Morgan fingerprint density at radius 1 is 1.05 bits per heavy atom. The Hall–Kier alpha value is -3.17. The second kappa shape index (κ2) is 13.2. The van der Waals surface area contributed by atoms with Gasteiger partial charge in [0.15, 0.2) is 0 Å². The van der Waals surface area contributed by atoms with E-state index < -0.39 is 29.6 Å². The highest BCUT2D eigenvalue weighted by Crippen LogP contribution is 2.59. The number of hydrogen-bond donors (Lipinski definition) is 1. The first-order valence-corrected chi connectivity index (χ1v) is 15.0. The molecule has 1 spiro atoms. The lowest BCUT2D eigenvalue weighted by atomic mass is 9.70. The number of unbranched alkanes of at least 4 members (excludes halogenated alkanes) is 2. The van der Waals surface area contributed by atoms with Crippen LogP contribution in [0, 0.1) is 11.8 Å². The van der Waals surface area contributed by atoms with E-state index in [-0.39, 0.29) is 30.9 Å². The summed E-state index contributed by atoms with van der Waals surface area (Å²) in [5.74, 6) is -1.87. The molecule has 3 fully saturated rings. The van der Waals surface area contributed by atoms with Gasteiger partial charge in [0.25, 0.3) is 5.91 Å². The monoisotopic (exact) mass is 566 g/mol. The van der Waals surface area contributed by atoms with Gasteiger partial charge < -0.3 is 29.4 Å². The smallest absolute Gasteiger partial charge is 0.253 e. The van der Waals surface area contributed by atoms with Crippen molar-refractivity contribution in [2.45, 2.75) is 63.7 Å². The number of nitrogens with zero attached hydrogens (tertiary/aromatic N) is 4. The molecule has 0 radical (unpaired) electrons. The van der Waals surface area contributed by atoms with Crippen molar-refractivity contribution in [3.63, 3.8) is 0 Å². The Labute approximate surface area is 244 Å². The lowest BCUT2D eigenvalue weighted by Gasteiger charge is -2.37. The van der Waals surface area contributed by atoms with Gasteiger partial charge in [-0.3, -0.25) is 14.4 Å². The van der Waals surface area contributed by atoms with E-state index in [2.05, 4.69) is 31.9 Å². The van der Waals surface area contributed by atoms with Crippen molar-refractivity contribution >= 4 is 29.1 Å². The summed E-state index contributed by atoms with van der Waals surface area (Å²) in [6, 6.07) is 7.07. The minimum Gasteiger partial charge on any atom is -0.396 e. The quantitative estimate of drug-likeness (QED) is 0.259. The highest BCUT2D eigenvalue weighted by atomic mass is 16.5. The third-order valence-electron chi connectivity index (χ3n) is 9.02. The highest BCUT2D eigenvalue weighted by Gasteiger charge is 2.74. The van der Waals surface area contributed by atoms with E-state index in [0.717, 1.165) is 30.9 Å². The summed E-state index contributed by atoms with van der Waals surface area (Å²) < 4.78 is 6.60. The van der Waals surface area contributed by atoms with Gasteiger partial charge in [0, 0.05) is 57.8 Å². The number of carbonyl (C=O) groups is 3. The van der Waals surface area contributed by atoms with E-state index in [1.54, 1.807) is 33.9 Å². The third kappa shape index (κ3) is 5.54. The molecule has 4 rings (SSSR count). The molecule has 3 heterocycles. The standard InChI is InChI=1S/C32H46N4O5/c1-6-19-33(5)29(38)26-25-17-18-32(41-25)27(26)30(39)36(21-11-10-12-22-37)28(32)31(40)35(20-7-2)24-15-13-23(14-16-24)34(8-3)9-4/h6-7,13-16,25-28,37H,1-2,8-12,17-22H2,3-5H3/t25-,26+,27-,28?,32?/m0/s1. The maximum Gasteiger partial charge on any atom is 0.253 e. The second-order valence-corrected chi connectivity index (χ2v) is 11.3. The molecule has 0 saturated carbocycles. The molecule has 1 N–H and O–H groups in total. The van der Waals surface area contributed by atoms with Crippen LogP contribution >= 0.6 is 0 Å². The molecule has 9 heteroatoms. The van der Waals surface area contributed by atoms with Crippen LogP contribution in [0.2, 0.25) is 0 Å². The Bertz CT molecular complexity index is 1120. The molecule has 0 aliphatic carbocycles. The van der Waals surface area contributed by atoms with Crippen LogP contribution in [0.4, 0.5) is 11.4 Å². The largest absolute Gasteiger partial charge is 0.396 e. The summed E-state index contributed by atoms with van der Waals surface area (Å²) in [7, 11) is 1.71. The molecular weight excluding hydrogens is 520 g/mol. The Kier molecular flexibility index (Phi) is 9.92. The van der Waals surface area contributed by atoms with Crippen molar-refractivity contribution in [1.82, 2.24) is 9.80 Å². The molecule has 41 heavy (non-hydrogen) atoms. The summed E-state index contributed by atoms with van der Waals surface area (Å²) in [5, 5.41) is 9.28. The number of benzene rings is 1. The molecule has 3 aliphatic heterocycles. The van der Waals surface area contributed by atoms with Gasteiger partial charge in [-0.15, -0.1) is 13.2 Å². The topological polar surface area (TPSA) is 93.6 Å². The lowest BCUT2D eigenvalue weighted by molar-refractivity contribution is -0.144. The Balaban J connectivity index is 1.71. The molecule has 3 saturated heterocycles. The number of likely N-dealkylation sites (N-methyl/N-ethyl adjacent to an activating group) is 1. The molecular formula is C32H46N4O5. The van der Waals surface area contributed by atoms with Crippen LogP contribution in [0.15, 0.2) is 49.6 Å². The fourth-order valence-corrected chi connectivity index (χ4v) is 7.09. The molecule has 3 amide bonds. The number of hydrogen-bond acceptors (Lipinski definition) is 6. The first-order chi connectivity index (χ1) is 19.8. The van der Waals surface area contributed by atoms with Crippen LogP contribution in [0.5, 0.6) is 0 Å². The fourth-order valence-electron chi connectivity index (χ4n) is 7.09. The van der Waals surface area contributed by atoms with Crippen LogP contribution < -0.4 is 9.80 Å². The first-order valence-electron chi connectivity index (χ1n) is 15.0. The predicted octanol–water partition coefficient (Wildman–Crippen LogP) is 3.23. The van der Waals surface area contributed by atoms with Crippen LogP contribution in [0.3, 0.4) is 0 Å². The fraction of sp³-hybridized carbons (Fsp3) is 0.594. The zero-order chi connectivity index (χ0) is 29.7. The summed E-state index contributed by atoms with van der Waals surface area (Å²) in [6.07, 6.45) is 6.15. The van der Waals surface area contributed by atoms with Crippen LogP contribution in [0.25, 0.3) is 0 Å². The number of anilines is 2. The number of aliphatic hydroxyl groups excluding tert-OH is 1. The van der Waals surface area contributed by atoms with E-state index in [1.807, 2.05) is 24.3 Å². The van der Waals surface area contributed by atoms with Crippen molar-refractivity contribution in [1.29, 1.82) is 0 Å². The average Bonchev–Trinajstić information content (AvgIpc) is 3.62. The molecule has 0 aromatic heterocycles. The highest BCUT2D eigenvalue weighted by molar-refractivity contribution is 6.05. The molecule has 1 aromatic rings. The summed E-state index contributed by atoms with van der Waals surface area (Å²) >= 11 is 0. The summed E-state index contributed by atoms with van der Waals surface area (Å²) in [5.41, 5.74) is 0.753. The van der Waals surface area contributed by atoms with E-state index in [0.29, 0.717) is 38.8 Å². The summed E-state index contributed by atoms with van der Waals surface area (Å²) in [6.45, 7) is 14.7. The zero-order valence-electron chi connectivity index (χ0n) is 24.8. The Morgan fingerprint density at radius 3 is 2.32 bits per heavy atom. The predicted molar refractivity (Wildman–Crippen MR) is 161 cm³/mol. The SMILES string of the molecule is C=CCN(C)C(=O)[C@@H]1[C@@H]2CCC3(O2)C(C(=O)N(CC=C)c2ccc(N(CC)CC)cc2)N(CCCCCO)C(=O)[C@H]13. The first kappa shape index (κ1) is 30.8. The van der Waals surface area contributed by atoms with Gasteiger partial charge in [0.1, 0.15) is 11.6 Å². The molecule has 9 nitrogen and oxygen atoms in total. The van der Waals surface area contributed by atoms with Crippen LogP contribution in [-0.4, -0.2) is 96.8 Å². The lowest BCUT2D eigenvalue weighted by Crippen LogP contribution is -2.56. The number of aliphatic hydroxyl groups is 1.